The summed E-state index contributed by atoms with van der Waals surface area (Å²) in [5.74, 6) is 0.307. The monoisotopic (exact) mass is 626 g/mol. The van der Waals surface area contributed by atoms with Gasteiger partial charge in [0.05, 0.1) is 23.2 Å². The fourth-order valence-electron chi connectivity index (χ4n) is 6.20. The molecule has 1 saturated heterocycles. The van der Waals surface area contributed by atoms with E-state index in [4.69, 9.17) is 20.2 Å². The van der Waals surface area contributed by atoms with E-state index in [0.29, 0.717) is 23.8 Å². The average molecular weight is 627 g/mol. The first-order chi connectivity index (χ1) is 20.0. The summed E-state index contributed by atoms with van der Waals surface area (Å²) in [6.07, 6.45) is 4.06. The van der Waals surface area contributed by atoms with E-state index in [2.05, 4.69) is 13.8 Å². The van der Waals surface area contributed by atoms with E-state index in [1.807, 2.05) is 68.4 Å². The predicted octanol–water partition coefficient (Wildman–Crippen LogP) is 7.75. The van der Waals surface area contributed by atoms with Crippen molar-refractivity contribution in [1.82, 2.24) is 4.31 Å². The van der Waals surface area contributed by atoms with Gasteiger partial charge in [-0.25, -0.2) is 8.42 Å². The molecule has 1 heterocycles. The molecule has 0 spiro atoms. The van der Waals surface area contributed by atoms with Crippen LogP contribution in [0.25, 0.3) is 0 Å². The van der Waals surface area contributed by atoms with Gasteiger partial charge in [-0.1, -0.05) is 99.0 Å². The highest BCUT2D eigenvalue weighted by molar-refractivity contribution is 7.89. The highest BCUT2D eigenvalue weighted by Crippen LogP contribution is 2.51. The van der Waals surface area contributed by atoms with Crippen LogP contribution in [-0.2, 0) is 31.3 Å². The van der Waals surface area contributed by atoms with E-state index in [1.54, 1.807) is 24.3 Å². The lowest BCUT2D eigenvalue weighted by Crippen LogP contribution is -2.66. The van der Waals surface area contributed by atoms with E-state index >= 15 is 0 Å². The maximum Gasteiger partial charge on any atom is 0.271 e. The Labute approximate surface area is 258 Å². The van der Waals surface area contributed by atoms with Crippen LogP contribution in [-0.4, -0.2) is 35.1 Å². The van der Waals surface area contributed by atoms with E-state index < -0.39 is 33.3 Å². The van der Waals surface area contributed by atoms with Crippen molar-refractivity contribution >= 4 is 39.0 Å². The first-order valence-corrected chi connectivity index (χ1v) is 17.4. The van der Waals surface area contributed by atoms with Crippen molar-refractivity contribution in [3.63, 3.8) is 0 Å². The lowest BCUT2D eigenvalue weighted by atomic mass is 9.60. The van der Waals surface area contributed by atoms with Gasteiger partial charge in [-0.3, -0.25) is 0 Å². The molecule has 0 N–H and O–H groups in total. The summed E-state index contributed by atoms with van der Waals surface area (Å²) in [6, 6.07) is 23.5. The molecule has 2 aliphatic rings. The molecule has 0 aromatic heterocycles. The van der Waals surface area contributed by atoms with Crippen molar-refractivity contribution in [1.29, 1.82) is 0 Å². The summed E-state index contributed by atoms with van der Waals surface area (Å²) in [6.45, 7) is 8.22. The smallest absolute Gasteiger partial charge is 0.271 e. The Bertz CT molecular complexity index is 1510. The van der Waals surface area contributed by atoms with Crippen LogP contribution in [0.1, 0.15) is 75.6 Å². The zero-order valence-electron chi connectivity index (χ0n) is 24.6. The summed E-state index contributed by atoms with van der Waals surface area (Å²) >= 11 is 4.17. The van der Waals surface area contributed by atoms with E-state index in [1.165, 1.54) is 4.31 Å². The topological polar surface area (TPSA) is 82.0 Å². The second-order valence-corrected chi connectivity index (χ2v) is 15.1. The lowest BCUT2D eigenvalue weighted by Gasteiger charge is -2.53. The van der Waals surface area contributed by atoms with E-state index in [-0.39, 0.29) is 16.9 Å². The number of sulfonamides is 1. The normalized spacial score (nSPS) is 23.3. The molecule has 1 aliphatic carbocycles. The van der Waals surface area contributed by atoms with Crippen molar-refractivity contribution in [3.8, 4) is 0 Å². The van der Waals surface area contributed by atoms with Gasteiger partial charge in [0, 0.05) is 10.4 Å². The number of nitrogens with zero attached hydrogens (tertiary/aromatic N) is 2. The Hall–Kier alpha value is -2.20. The molecule has 2 fully saturated rings. The fourth-order valence-corrected chi connectivity index (χ4v) is 9.07. The molecule has 0 amide bonds. The molecule has 9 heteroatoms. The minimum absolute atomic E-state index is 0.0857. The van der Waals surface area contributed by atoms with Gasteiger partial charge < -0.3 is 4.55 Å². The van der Waals surface area contributed by atoms with Gasteiger partial charge in [-0.2, -0.15) is 4.31 Å². The highest BCUT2D eigenvalue weighted by Gasteiger charge is 2.61. The van der Waals surface area contributed by atoms with Gasteiger partial charge in [0.25, 0.3) is 11.6 Å². The van der Waals surface area contributed by atoms with Gasteiger partial charge in [-0.15, -0.1) is 4.18 Å². The van der Waals surface area contributed by atoms with Crippen LogP contribution in [0.4, 0.5) is 0 Å². The Kier molecular flexibility index (Phi) is 9.24. The van der Waals surface area contributed by atoms with Gasteiger partial charge in [-0.05, 0) is 78.3 Å². The number of aryl methyl sites for hydroxylation is 1. The van der Waals surface area contributed by atoms with Crippen molar-refractivity contribution in [3.05, 3.63) is 101 Å². The Morgan fingerprint density at radius 3 is 2.26 bits per heavy atom. The van der Waals surface area contributed by atoms with Crippen LogP contribution < -0.4 is 0 Å². The molecular formula is C33H39ClN2O4S2. The van der Waals surface area contributed by atoms with Crippen molar-refractivity contribution in [2.45, 2.75) is 81.8 Å². The summed E-state index contributed by atoms with van der Waals surface area (Å²) in [5.41, 5.74) is 2.48. The van der Waals surface area contributed by atoms with Crippen molar-refractivity contribution in [2.75, 3.05) is 6.54 Å². The van der Waals surface area contributed by atoms with E-state index in [0.717, 1.165) is 41.7 Å². The second-order valence-electron chi connectivity index (χ2n) is 12.0. The summed E-state index contributed by atoms with van der Waals surface area (Å²) in [4.78, 5) is 0.229. The number of hydrogen-bond acceptors (Lipinski definition) is 5. The zero-order chi connectivity index (χ0) is 30.1. The second kappa shape index (κ2) is 12.4. The summed E-state index contributed by atoms with van der Waals surface area (Å²) in [7, 11) is -3.82. The third-order valence-corrected chi connectivity index (χ3v) is 11.7. The maximum absolute atomic E-state index is 13.8. The molecule has 0 bridgehead atoms. The highest BCUT2D eigenvalue weighted by atomic mass is 35.5. The lowest BCUT2D eigenvalue weighted by molar-refractivity contribution is -0.0924. The van der Waals surface area contributed by atoms with Crippen LogP contribution in [0.2, 0.25) is 5.02 Å². The predicted molar refractivity (Wildman–Crippen MR) is 170 cm³/mol. The molecule has 3 aromatic rings. The minimum atomic E-state index is -3.82. The van der Waals surface area contributed by atoms with Crippen LogP contribution in [0, 0.1) is 12.8 Å². The fraction of sp³-hybridized carbons (Fsp3) is 0.424. The number of benzene rings is 3. The van der Waals surface area contributed by atoms with Gasteiger partial charge >= 0.3 is 0 Å². The Morgan fingerprint density at radius 2 is 1.71 bits per heavy atom. The van der Waals surface area contributed by atoms with E-state index in [9.17, 15) is 13.0 Å². The Morgan fingerprint density at radius 1 is 1.07 bits per heavy atom. The van der Waals surface area contributed by atoms with Crippen LogP contribution >= 0.6 is 11.6 Å². The maximum atomic E-state index is 13.8. The SMILES string of the molecule is CCC1(O[S+]([O-])N=C(CC(C)C)C2(c3ccc(Cl)cc3)CCC2)CN(S(=O)(=O)c2ccc(C)cc2)[C@@H]1c1ccccc1. The van der Waals surface area contributed by atoms with Crippen LogP contribution in [0.5, 0.6) is 0 Å². The Balaban J connectivity index is 1.49. The first kappa shape index (κ1) is 31.2. The van der Waals surface area contributed by atoms with Gasteiger partial charge in [0.1, 0.15) is 0 Å². The summed E-state index contributed by atoms with van der Waals surface area (Å²) in [5, 5.41) is 0.675. The average Bonchev–Trinajstić information content (AvgIpc) is 2.91. The molecule has 6 nitrogen and oxygen atoms in total. The summed E-state index contributed by atoms with van der Waals surface area (Å²) < 4.78 is 54.1. The third kappa shape index (κ3) is 5.94. The quantitative estimate of drug-likeness (QED) is 0.161. The van der Waals surface area contributed by atoms with Crippen LogP contribution in [0.3, 0.4) is 0 Å². The van der Waals surface area contributed by atoms with Crippen LogP contribution in [0.15, 0.2) is 88.2 Å². The molecule has 3 atom stereocenters. The standard InChI is InChI=1S/C33H39ClN2O4S2/c1-5-33(23-36(31(33)26-10-7-6-8-11-26)42(38,39)29-18-12-25(4)13-19-29)40-41(37)35-30(22-24(2)3)32(20-9-21-32)27-14-16-28(34)17-15-27/h6-8,10-19,24,31H,5,9,20-23H2,1-4H3/t31-,33?,41?/m1/s1. The molecule has 2 unspecified atom stereocenters. The number of hydrogen-bond donors (Lipinski definition) is 0. The third-order valence-electron chi connectivity index (χ3n) is 8.73. The number of rotatable bonds is 11. The number of halogens is 1. The molecule has 1 saturated carbocycles. The zero-order valence-corrected chi connectivity index (χ0v) is 27.0. The van der Waals surface area contributed by atoms with Crippen molar-refractivity contribution < 1.29 is 17.2 Å². The molecule has 1 aliphatic heterocycles. The molecule has 224 valence electrons. The van der Waals surface area contributed by atoms with Gasteiger partial charge in [0.2, 0.25) is 10.0 Å². The largest absolute Gasteiger partial charge is 0.559 e. The minimum Gasteiger partial charge on any atom is -0.559 e. The van der Waals surface area contributed by atoms with Gasteiger partial charge in [0.15, 0.2) is 5.60 Å². The molecule has 5 rings (SSSR count). The molecule has 42 heavy (non-hydrogen) atoms. The first-order valence-electron chi connectivity index (χ1n) is 14.6. The molecule has 3 aromatic carbocycles. The molecular weight excluding hydrogens is 588 g/mol. The van der Waals surface area contributed by atoms with Crippen molar-refractivity contribution in [2.24, 2.45) is 10.3 Å². The molecule has 0 radical (unpaired) electrons.